The van der Waals surface area contributed by atoms with E-state index in [2.05, 4.69) is 10.3 Å². The molecule has 1 amide bonds. The quantitative estimate of drug-likeness (QED) is 0.351. The predicted molar refractivity (Wildman–Crippen MR) is 107 cm³/mol. The molecule has 0 aliphatic carbocycles. The van der Waals surface area contributed by atoms with Crippen LogP contribution in [0.1, 0.15) is 27.7 Å². The Bertz CT molecular complexity index is 1060. The van der Waals surface area contributed by atoms with E-state index in [1.165, 1.54) is 24.3 Å². The number of halogens is 6. The van der Waals surface area contributed by atoms with E-state index in [4.69, 9.17) is 23.2 Å². The fraction of sp³-hybridized carbons (Fsp3) is 0.143. The number of aromatic nitrogens is 1. The Morgan fingerprint density at radius 1 is 1.03 bits per heavy atom. The number of nitrogens with zero attached hydrogens (tertiary/aromatic N) is 1. The molecule has 3 aromatic rings. The van der Waals surface area contributed by atoms with Crippen LogP contribution in [0.2, 0.25) is 10.2 Å². The molecule has 9 heteroatoms. The van der Waals surface area contributed by atoms with Gasteiger partial charge in [-0.05, 0) is 35.9 Å². The first kappa shape index (κ1) is 22.1. The van der Waals surface area contributed by atoms with E-state index >= 15 is 0 Å². The minimum absolute atomic E-state index is 0.103. The summed E-state index contributed by atoms with van der Waals surface area (Å²) in [7, 11) is 0. The molecule has 2 aromatic carbocycles. The highest BCUT2D eigenvalue weighted by atomic mass is 35.5. The van der Waals surface area contributed by atoms with Gasteiger partial charge >= 0.3 is 6.18 Å². The van der Waals surface area contributed by atoms with Gasteiger partial charge in [-0.3, -0.25) is 4.79 Å². The number of alkyl halides is 4. The van der Waals surface area contributed by atoms with Crippen molar-refractivity contribution in [3.05, 3.63) is 87.7 Å². The van der Waals surface area contributed by atoms with Crippen molar-refractivity contribution in [2.75, 3.05) is 6.54 Å². The number of benzene rings is 2. The van der Waals surface area contributed by atoms with E-state index in [1.54, 1.807) is 24.4 Å². The molecule has 0 spiro atoms. The molecule has 0 saturated heterocycles. The Balaban J connectivity index is 1.72. The van der Waals surface area contributed by atoms with Gasteiger partial charge in [0, 0.05) is 22.3 Å². The number of hydrogen-bond acceptors (Lipinski definition) is 2. The number of pyridine rings is 1. The van der Waals surface area contributed by atoms with Gasteiger partial charge in [-0.1, -0.05) is 47.5 Å². The molecule has 1 unspecified atom stereocenters. The molecule has 0 aliphatic rings. The summed E-state index contributed by atoms with van der Waals surface area (Å²) < 4.78 is 53.8. The summed E-state index contributed by atoms with van der Waals surface area (Å²) in [6.45, 7) is -0.535. The first-order valence-electron chi connectivity index (χ1n) is 8.66. The number of carbonyl (C=O) groups is 1. The molecule has 3 nitrogen and oxygen atoms in total. The van der Waals surface area contributed by atoms with E-state index < -0.39 is 35.9 Å². The van der Waals surface area contributed by atoms with Crippen LogP contribution in [0.3, 0.4) is 0 Å². The molecular weight excluding hydrogens is 443 g/mol. The highest BCUT2D eigenvalue weighted by molar-refractivity contribution is 6.31. The molecule has 0 bridgehead atoms. The summed E-state index contributed by atoms with van der Waals surface area (Å²) in [4.78, 5) is 16.1. The number of hydrogen-bond donors (Lipinski definition) is 1. The number of nitrogens with one attached hydrogen (secondary N) is 1. The molecular formula is C21H14Cl2F4N2O. The van der Waals surface area contributed by atoms with Crippen LogP contribution < -0.4 is 5.32 Å². The van der Waals surface area contributed by atoms with Gasteiger partial charge < -0.3 is 5.32 Å². The minimum atomic E-state index is -4.70. The Morgan fingerprint density at radius 2 is 1.73 bits per heavy atom. The van der Waals surface area contributed by atoms with Gasteiger partial charge in [0.05, 0.1) is 17.7 Å². The normalized spacial score (nSPS) is 12.5. The highest BCUT2D eigenvalue weighted by Crippen LogP contribution is 2.33. The lowest BCUT2D eigenvalue weighted by molar-refractivity contribution is -0.137. The lowest BCUT2D eigenvalue weighted by Crippen LogP contribution is -2.29. The first-order chi connectivity index (χ1) is 14.2. The van der Waals surface area contributed by atoms with E-state index in [-0.39, 0.29) is 10.6 Å². The third-order valence-electron chi connectivity index (χ3n) is 4.32. The standard InChI is InChI=1S/C21H14Cl2F4N2O/c22-17-9-12(13-6-8-19(23)28-10-13)5-7-15(17)18(24)11-29-20(30)14-3-1-2-4-16(14)21(25,26)27/h1-10,18H,11H2,(H,29,30). The van der Waals surface area contributed by atoms with E-state index in [0.29, 0.717) is 10.7 Å². The molecule has 0 saturated carbocycles. The summed E-state index contributed by atoms with van der Waals surface area (Å²) in [6, 6.07) is 12.3. The summed E-state index contributed by atoms with van der Waals surface area (Å²) >= 11 is 11.9. The second-order valence-electron chi connectivity index (χ2n) is 6.33. The van der Waals surface area contributed by atoms with E-state index in [9.17, 15) is 22.4 Å². The van der Waals surface area contributed by atoms with Crippen molar-refractivity contribution in [1.82, 2.24) is 10.3 Å². The monoisotopic (exact) mass is 456 g/mol. The maximum absolute atomic E-state index is 14.6. The zero-order chi connectivity index (χ0) is 21.9. The summed E-state index contributed by atoms with van der Waals surface area (Å²) in [5, 5.41) is 2.63. The van der Waals surface area contributed by atoms with Crippen molar-refractivity contribution >= 4 is 29.1 Å². The second kappa shape index (κ2) is 9.02. The first-order valence-corrected chi connectivity index (χ1v) is 9.42. The summed E-state index contributed by atoms with van der Waals surface area (Å²) in [5.74, 6) is -1.02. The fourth-order valence-electron chi connectivity index (χ4n) is 2.82. The Labute approximate surface area is 179 Å². The van der Waals surface area contributed by atoms with Crippen molar-refractivity contribution in [2.24, 2.45) is 0 Å². The maximum atomic E-state index is 14.6. The Hall–Kier alpha value is -2.64. The number of carbonyl (C=O) groups excluding carboxylic acids is 1. The van der Waals surface area contributed by atoms with Gasteiger partial charge in [-0.2, -0.15) is 13.2 Å². The largest absolute Gasteiger partial charge is 0.417 e. The van der Waals surface area contributed by atoms with Gasteiger partial charge in [0.1, 0.15) is 11.3 Å². The zero-order valence-electron chi connectivity index (χ0n) is 15.2. The predicted octanol–water partition coefficient (Wildman–Crippen LogP) is 6.51. The van der Waals surface area contributed by atoms with Gasteiger partial charge in [0.25, 0.3) is 5.91 Å². The van der Waals surface area contributed by atoms with Crippen LogP contribution in [-0.4, -0.2) is 17.4 Å². The topological polar surface area (TPSA) is 42.0 Å². The lowest BCUT2D eigenvalue weighted by Gasteiger charge is -2.15. The average Bonchev–Trinajstić information content (AvgIpc) is 2.71. The molecule has 30 heavy (non-hydrogen) atoms. The van der Waals surface area contributed by atoms with Gasteiger partial charge in [-0.15, -0.1) is 0 Å². The number of amides is 1. The van der Waals surface area contributed by atoms with Gasteiger partial charge in [0.2, 0.25) is 0 Å². The average molecular weight is 457 g/mol. The second-order valence-corrected chi connectivity index (χ2v) is 7.12. The lowest BCUT2D eigenvalue weighted by atomic mass is 10.0. The summed E-state index contributed by atoms with van der Waals surface area (Å²) in [5.41, 5.74) is -0.152. The maximum Gasteiger partial charge on any atom is 0.417 e. The van der Waals surface area contributed by atoms with Crippen LogP contribution >= 0.6 is 23.2 Å². The molecule has 0 radical (unpaired) electrons. The van der Waals surface area contributed by atoms with Crippen molar-refractivity contribution in [3.8, 4) is 11.1 Å². The van der Waals surface area contributed by atoms with Gasteiger partial charge in [0.15, 0.2) is 0 Å². The van der Waals surface area contributed by atoms with Crippen LogP contribution in [-0.2, 0) is 6.18 Å². The van der Waals surface area contributed by atoms with Crippen molar-refractivity contribution in [1.29, 1.82) is 0 Å². The molecule has 156 valence electrons. The van der Waals surface area contributed by atoms with Crippen LogP contribution in [0.4, 0.5) is 17.6 Å². The van der Waals surface area contributed by atoms with Gasteiger partial charge in [-0.25, -0.2) is 9.37 Å². The molecule has 1 aromatic heterocycles. The minimum Gasteiger partial charge on any atom is -0.349 e. The van der Waals surface area contributed by atoms with Crippen LogP contribution in [0.5, 0.6) is 0 Å². The Kier molecular flexibility index (Phi) is 6.63. The van der Waals surface area contributed by atoms with E-state index in [0.717, 1.165) is 17.7 Å². The smallest absolute Gasteiger partial charge is 0.349 e. The molecule has 1 heterocycles. The SMILES string of the molecule is O=C(NCC(F)c1ccc(-c2ccc(Cl)nc2)cc1Cl)c1ccccc1C(F)(F)F. The fourth-order valence-corrected chi connectivity index (χ4v) is 3.23. The molecule has 0 fully saturated rings. The molecule has 1 N–H and O–H groups in total. The van der Waals surface area contributed by atoms with E-state index in [1.807, 2.05) is 0 Å². The van der Waals surface area contributed by atoms with Crippen molar-refractivity contribution in [3.63, 3.8) is 0 Å². The number of rotatable bonds is 5. The van der Waals surface area contributed by atoms with Crippen LogP contribution in [0, 0.1) is 0 Å². The van der Waals surface area contributed by atoms with Crippen LogP contribution in [0.15, 0.2) is 60.8 Å². The third-order valence-corrected chi connectivity index (χ3v) is 4.87. The zero-order valence-corrected chi connectivity index (χ0v) is 16.7. The third kappa shape index (κ3) is 5.09. The molecule has 3 rings (SSSR count). The summed E-state index contributed by atoms with van der Waals surface area (Å²) in [6.07, 6.45) is -4.87. The molecule has 1 atom stereocenters. The van der Waals surface area contributed by atoms with Crippen molar-refractivity contribution in [2.45, 2.75) is 12.3 Å². The van der Waals surface area contributed by atoms with Crippen LogP contribution in [0.25, 0.3) is 11.1 Å². The molecule has 0 aliphatic heterocycles. The highest BCUT2D eigenvalue weighted by Gasteiger charge is 2.34. The Morgan fingerprint density at radius 3 is 2.37 bits per heavy atom. The van der Waals surface area contributed by atoms with Crippen molar-refractivity contribution < 1.29 is 22.4 Å².